The van der Waals surface area contributed by atoms with Gasteiger partial charge in [0, 0.05) is 30.8 Å². The van der Waals surface area contributed by atoms with E-state index in [1.165, 1.54) is 22.9 Å². The third kappa shape index (κ3) is 5.28. The zero-order chi connectivity index (χ0) is 20.1. The maximum atomic E-state index is 11.9. The molecule has 1 aromatic carbocycles. The minimum absolute atomic E-state index is 0.0419. The van der Waals surface area contributed by atoms with Crippen molar-refractivity contribution < 1.29 is 19.2 Å². The predicted molar refractivity (Wildman–Crippen MR) is 99.7 cm³/mol. The number of aromatic nitrogens is 2. The molecule has 11 heteroatoms. The van der Waals surface area contributed by atoms with E-state index < -0.39 is 23.4 Å². The lowest BCUT2D eigenvalue weighted by molar-refractivity contribution is -0.384. The molecule has 0 saturated carbocycles. The lowest BCUT2D eigenvalue weighted by atomic mass is 10.2. The number of ether oxygens (including phenoxy) is 1. The van der Waals surface area contributed by atoms with E-state index in [-0.39, 0.29) is 16.4 Å². The smallest absolute Gasteiger partial charge is 0.331 e. The fourth-order valence-corrected chi connectivity index (χ4v) is 2.48. The van der Waals surface area contributed by atoms with Crippen LogP contribution in [0.2, 0.25) is 10.2 Å². The van der Waals surface area contributed by atoms with Crippen molar-refractivity contribution in [1.29, 1.82) is 0 Å². The van der Waals surface area contributed by atoms with Gasteiger partial charge in [0.15, 0.2) is 6.61 Å². The van der Waals surface area contributed by atoms with E-state index >= 15 is 0 Å². The van der Waals surface area contributed by atoms with Crippen LogP contribution < -0.4 is 5.32 Å². The van der Waals surface area contributed by atoms with Crippen LogP contribution in [0.25, 0.3) is 6.08 Å². The summed E-state index contributed by atoms with van der Waals surface area (Å²) >= 11 is 11.9. The number of esters is 1. The summed E-state index contributed by atoms with van der Waals surface area (Å²) in [6.07, 6.45) is 2.55. The van der Waals surface area contributed by atoms with E-state index in [4.69, 9.17) is 27.9 Å². The monoisotopic (exact) mass is 412 g/mol. The van der Waals surface area contributed by atoms with E-state index in [0.29, 0.717) is 16.4 Å². The Balaban J connectivity index is 1.94. The first-order valence-electron chi connectivity index (χ1n) is 7.46. The van der Waals surface area contributed by atoms with Crippen molar-refractivity contribution in [3.63, 3.8) is 0 Å². The molecule has 1 aromatic heterocycles. The Bertz CT molecular complexity index is 939. The number of carbonyl (C=O) groups is 2. The molecule has 0 bridgehead atoms. The number of hydrogen-bond acceptors (Lipinski definition) is 6. The van der Waals surface area contributed by atoms with Crippen LogP contribution in [0, 0.1) is 17.0 Å². The number of halogens is 2. The van der Waals surface area contributed by atoms with Gasteiger partial charge >= 0.3 is 5.97 Å². The van der Waals surface area contributed by atoms with E-state index in [1.54, 1.807) is 14.0 Å². The molecule has 0 aliphatic rings. The van der Waals surface area contributed by atoms with Crippen LogP contribution in [0.3, 0.4) is 0 Å². The van der Waals surface area contributed by atoms with E-state index in [0.717, 1.165) is 12.1 Å². The molecule has 2 aromatic rings. The second-order valence-corrected chi connectivity index (χ2v) is 6.09. The summed E-state index contributed by atoms with van der Waals surface area (Å²) in [6, 6.07) is 3.59. The lowest BCUT2D eigenvalue weighted by Crippen LogP contribution is -2.20. The van der Waals surface area contributed by atoms with Gasteiger partial charge in [0.25, 0.3) is 11.6 Å². The quantitative estimate of drug-likeness (QED) is 0.337. The molecule has 27 heavy (non-hydrogen) atoms. The van der Waals surface area contributed by atoms with Crippen LogP contribution in [0.1, 0.15) is 11.3 Å². The Hall–Kier alpha value is -2.91. The predicted octanol–water partition coefficient (Wildman–Crippen LogP) is 3.14. The number of benzene rings is 1. The van der Waals surface area contributed by atoms with Crippen LogP contribution >= 0.6 is 23.2 Å². The summed E-state index contributed by atoms with van der Waals surface area (Å²) in [6.45, 7) is 1.13. The van der Waals surface area contributed by atoms with Gasteiger partial charge in [-0.3, -0.25) is 19.6 Å². The van der Waals surface area contributed by atoms with Gasteiger partial charge in [-0.15, -0.1) is 0 Å². The first-order valence-corrected chi connectivity index (χ1v) is 8.22. The van der Waals surface area contributed by atoms with Gasteiger partial charge in [-0.1, -0.05) is 23.2 Å². The van der Waals surface area contributed by atoms with Crippen molar-refractivity contribution >= 4 is 52.5 Å². The zero-order valence-electron chi connectivity index (χ0n) is 14.2. The second-order valence-electron chi connectivity index (χ2n) is 5.32. The number of amides is 1. The lowest BCUT2D eigenvalue weighted by Gasteiger charge is -2.07. The maximum absolute atomic E-state index is 11.9. The van der Waals surface area contributed by atoms with Gasteiger partial charge in [-0.05, 0) is 19.1 Å². The van der Waals surface area contributed by atoms with Crippen molar-refractivity contribution in [2.45, 2.75) is 6.92 Å². The number of non-ortho nitro benzene ring substituents is 1. The molecule has 0 aliphatic heterocycles. The van der Waals surface area contributed by atoms with Crippen molar-refractivity contribution in [3.8, 4) is 0 Å². The van der Waals surface area contributed by atoms with Gasteiger partial charge < -0.3 is 10.1 Å². The SMILES string of the molecule is Cc1nn(C)c(Cl)c1/C=C/C(=O)OCC(=O)Nc1cc([N+](=O)[O-])ccc1Cl. The van der Waals surface area contributed by atoms with E-state index in [9.17, 15) is 19.7 Å². The molecule has 0 unspecified atom stereocenters. The van der Waals surface area contributed by atoms with Crippen molar-refractivity contribution in [1.82, 2.24) is 9.78 Å². The molecular formula is C16H14Cl2N4O5. The second kappa shape index (κ2) is 8.65. The summed E-state index contributed by atoms with van der Waals surface area (Å²) in [5.74, 6) is -1.47. The molecule has 0 saturated heterocycles. The van der Waals surface area contributed by atoms with Gasteiger partial charge in [-0.2, -0.15) is 5.10 Å². The first kappa shape index (κ1) is 20.4. The first-order chi connectivity index (χ1) is 12.7. The van der Waals surface area contributed by atoms with Crippen LogP contribution in [0.4, 0.5) is 11.4 Å². The number of nitro benzene ring substituents is 1. The summed E-state index contributed by atoms with van der Waals surface area (Å²) < 4.78 is 6.27. The van der Waals surface area contributed by atoms with Crippen LogP contribution in [-0.2, 0) is 21.4 Å². The maximum Gasteiger partial charge on any atom is 0.331 e. The number of anilines is 1. The minimum Gasteiger partial charge on any atom is -0.452 e. The normalized spacial score (nSPS) is 10.8. The van der Waals surface area contributed by atoms with Gasteiger partial charge in [0.1, 0.15) is 5.15 Å². The van der Waals surface area contributed by atoms with E-state index in [2.05, 4.69) is 10.4 Å². The molecule has 0 spiro atoms. The Morgan fingerprint density at radius 2 is 2.11 bits per heavy atom. The Morgan fingerprint density at radius 1 is 1.41 bits per heavy atom. The highest BCUT2D eigenvalue weighted by molar-refractivity contribution is 6.33. The highest BCUT2D eigenvalue weighted by Crippen LogP contribution is 2.26. The fourth-order valence-electron chi connectivity index (χ4n) is 2.08. The molecule has 1 heterocycles. The van der Waals surface area contributed by atoms with Gasteiger partial charge in [-0.25, -0.2) is 4.79 Å². The molecule has 142 valence electrons. The topological polar surface area (TPSA) is 116 Å². The van der Waals surface area contributed by atoms with Crippen molar-refractivity contribution in [2.75, 3.05) is 11.9 Å². The molecule has 0 radical (unpaired) electrons. The standard InChI is InChI=1S/C16H14Cl2N4O5/c1-9-11(16(18)21(2)20-9)4-6-15(24)27-8-14(23)19-13-7-10(22(25)26)3-5-12(13)17/h3-7H,8H2,1-2H3,(H,19,23)/b6-4+. The number of nitrogens with one attached hydrogen (secondary N) is 1. The molecule has 0 atom stereocenters. The Kier molecular flexibility index (Phi) is 6.54. The highest BCUT2D eigenvalue weighted by atomic mass is 35.5. The number of carbonyl (C=O) groups excluding carboxylic acids is 2. The molecule has 0 aliphatic carbocycles. The molecule has 0 fully saturated rings. The molecule has 1 amide bonds. The van der Waals surface area contributed by atoms with Crippen LogP contribution in [-0.4, -0.2) is 33.2 Å². The van der Waals surface area contributed by atoms with Crippen molar-refractivity contribution in [3.05, 3.63) is 55.8 Å². The Morgan fingerprint density at radius 3 is 2.70 bits per heavy atom. The summed E-state index contributed by atoms with van der Waals surface area (Å²) in [4.78, 5) is 33.7. The highest BCUT2D eigenvalue weighted by Gasteiger charge is 2.13. The van der Waals surface area contributed by atoms with Crippen LogP contribution in [0.15, 0.2) is 24.3 Å². The number of nitrogens with zero attached hydrogens (tertiary/aromatic N) is 3. The minimum atomic E-state index is -0.769. The third-order valence-electron chi connectivity index (χ3n) is 3.36. The summed E-state index contributed by atoms with van der Waals surface area (Å²) in [5, 5.41) is 17.7. The summed E-state index contributed by atoms with van der Waals surface area (Å²) in [5.41, 5.74) is 0.993. The Labute approximate surface area is 163 Å². The number of nitro groups is 1. The number of aryl methyl sites for hydroxylation is 2. The average molecular weight is 413 g/mol. The van der Waals surface area contributed by atoms with Gasteiger partial charge in [0.05, 0.1) is 21.3 Å². The fraction of sp³-hybridized carbons (Fsp3) is 0.188. The van der Waals surface area contributed by atoms with Gasteiger partial charge in [0.2, 0.25) is 0 Å². The number of rotatable bonds is 6. The molecule has 2 rings (SSSR count). The largest absolute Gasteiger partial charge is 0.452 e. The molecular weight excluding hydrogens is 399 g/mol. The average Bonchev–Trinajstić information content (AvgIpc) is 2.85. The zero-order valence-corrected chi connectivity index (χ0v) is 15.7. The van der Waals surface area contributed by atoms with Crippen LogP contribution in [0.5, 0.6) is 0 Å². The van der Waals surface area contributed by atoms with E-state index in [1.807, 2.05) is 0 Å². The summed E-state index contributed by atoms with van der Waals surface area (Å²) in [7, 11) is 1.66. The van der Waals surface area contributed by atoms with Crippen molar-refractivity contribution in [2.24, 2.45) is 7.05 Å². The molecule has 1 N–H and O–H groups in total. The molecule has 9 nitrogen and oxygen atoms in total. The number of hydrogen-bond donors (Lipinski definition) is 1. The third-order valence-corrected chi connectivity index (χ3v) is 4.14.